The molecular formula is C23H26FN3O3S. The number of carbonyl (C=O) groups excluding carboxylic acids is 1. The predicted octanol–water partition coefficient (Wildman–Crippen LogP) is 3.19. The molecule has 1 spiro atoms. The number of benzene rings is 1. The van der Waals surface area contributed by atoms with Crippen LogP contribution >= 0.6 is 0 Å². The summed E-state index contributed by atoms with van der Waals surface area (Å²) in [6.07, 6.45) is 3.36. The van der Waals surface area contributed by atoms with E-state index in [9.17, 15) is 17.6 Å². The summed E-state index contributed by atoms with van der Waals surface area (Å²) in [7, 11) is -3.60. The smallest absolute Gasteiger partial charge is 0.185 e. The number of aromatic nitrogens is 1. The van der Waals surface area contributed by atoms with Crippen molar-refractivity contribution in [2.24, 2.45) is 10.7 Å². The molecule has 1 aliphatic carbocycles. The maximum Gasteiger partial charge on any atom is 0.185 e. The molecule has 4 rings (SSSR count). The number of nitrogens with two attached hydrogens (primary N) is 1. The maximum atomic E-state index is 14.8. The molecule has 8 heteroatoms. The van der Waals surface area contributed by atoms with Gasteiger partial charge in [-0.15, -0.1) is 0 Å². The number of pyridine rings is 1. The number of hydrogen-bond acceptors (Lipinski definition) is 6. The first kappa shape index (κ1) is 21.6. The van der Waals surface area contributed by atoms with Gasteiger partial charge in [0.1, 0.15) is 27.6 Å². The lowest BCUT2D eigenvalue weighted by Gasteiger charge is -2.46. The van der Waals surface area contributed by atoms with Crippen LogP contribution in [0.15, 0.2) is 35.5 Å². The third-order valence-electron chi connectivity index (χ3n) is 6.52. The van der Waals surface area contributed by atoms with E-state index in [0.29, 0.717) is 24.1 Å². The highest BCUT2D eigenvalue weighted by atomic mass is 32.2. The fourth-order valence-corrected chi connectivity index (χ4v) is 7.15. The summed E-state index contributed by atoms with van der Waals surface area (Å²) in [6, 6.07) is 6.20. The van der Waals surface area contributed by atoms with E-state index in [4.69, 9.17) is 5.73 Å². The molecule has 2 aromatic rings. The molecule has 1 atom stereocenters. The number of nitrogens with zero attached hydrogens (tertiary/aromatic N) is 2. The molecule has 6 nitrogen and oxygen atoms in total. The second kappa shape index (κ2) is 7.22. The van der Waals surface area contributed by atoms with Crippen molar-refractivity contribution < 1.29 is 17.6 Å². The second-order valence-electron chi connectivity index (χ2n) is 8.97. The zero-order valence-electron chi connectivity index (χ0n) is 17.9. The van der Waals surface area contributed by atoms with Crippen LogP contribution < -0.4 is 5.73 Å². The molecule has 0 radical (unpaired) electrons. The standard InChI is InChI=1S/C23H26FN3O3S/c1-14-9-15(2)20(26-12-14)19(28)11-16-5-6-18(24)17(10-16)22(3)13-31(29,30)23(7-4-8-23)21(25)27-22/h5-6,9-10,12H,4,7-8,11,13H2,1-3H3,(H2,25,27)/t22-/m0/s1. The molecular weight excluding hydrogens is 417 g/mol. The summed E-state index contributed by atoms with van der Waals surface area (Å²) in [6.45, 7) is 5.31. The third-order valence-corrected chi connectivity index (χ3v) is 9.27. The Balaban J connectivity index is 1.69. The molecule has 2 aliphatic rings. The van der Waals surface area contributed by atoms with Gasteiger partial charge in [0.15, 0.2) is 15.6 Å². The van der Waals surface area contributed by atoms with Crippen LogP contribution in [-0.4, -0.2) is 35.5 Å². The first-order valence-electron chi connectivity index (χ1n) is 10.3. The van der Waals surface area contributed by atoms with Crippen molar-refractivity contribution in [3.8, 4) is 0 Å². The molecule has 0 bridgehead atoms. The van der Waals surface area contributed by atoms with Crippen LogP contribution in [0.25, 0.3) is 0 Å². The highest BCUT2D eigenvalue weighted by Crippen LogP contribution is 2.47. The van der Waals surface area contributed by atoms with Crippen LogP contribution in [0.5, 0.6) is 0 Å². The van der Waals surface area contributed by atoms with Gasteiger partial charge in [0, 0.05) is 18.2 Å². The zero-order chi connectivity index (χ0) is 22.6. The number of rotatable bonds is 4. The number of halogens is 1. The third kappa shape index (κ3) is 3.46. The Labute approximate surface area is 181 Å². The fraction of sp³-hybridized carbons (Fsp3) is 0.435. The molecule has 1 saturated carbocycles. The molecule has 2 heterocycles. The van der Waals surface area contributed by atoms with E-state index in [-0.39, 0.29) is 29.4 Å². The van der Waals surface area contributed by atoms with Crippen LogP contribution in [0, 0.1) is 19.7 Å². The van der Waals surface area contributed by atoms with Crippen molar-refractivity contribution in [3.05, 3.63) is 64.2 Å². The van der Waals surface area contributed by atoms with Crippen molar-refractivity contribution in [1.29, 1.82) is 0 Å². The van der Waals surface area contributed by atoms with E-state index in [2.05, 4.69) is 9.98 Å². The van der Waals surface area contributed by atoms with Crippen LogP contribution in [0.3, 0.4) is 0 Å². The molecule has 1 fully saturated rings. The monoisotopic (exact) mass is 443 g/mol. The Morgan fingerprint density at radius 2 is 1.94 bits per heavy atom. The number of aliphatic imine (C=N–C) groups is 1. The Hall–Kier alpha value is -2.61. The summed E-state index contributed by atoms with van der Waals surface area (Å²) in [5.74, 6) is -1.01. The zero-order valence-corrected chi connectivity index (χ0v) is 18.7. The number of ketones is 1. The van der Waals surface area contributed by atoms with Gasteiger partial charge < -0.3 is 5.73 Å². The summed E-state index contributed by atoms with van der Waals surface area (Å²) < 4.78 is 39.9. The summed E-state index contributed by atoms with van der Waals surface area (Å²) in [4.78, 5) is 21.5. The lowest BCUT2D eigenvalue weighted by molar-refractivity contribution is 0.0987. The largest absolute Gasteiger partial charge is 0.386 e. The molecule has 1 aliphatic heterocycles. The van der Waals surface area contributed by atoms with Gasteiger partial charge in [-0.05, 0) is 68.9 Å². The lowest BCUT2D eigenvalue weighted by atomic mass is 9.82. The van der Waals surface area contributed by atoms with Crippen LogP contribution in [0.1, 0.15) is 58.9 Å². The predicted molar refractivity (Wildman–Crippen MR) is 117 cm³/mol. The van der Waals surface area contributed by atoms with Gasteiger partial charge in [-0.1, -0.05) is 12.1 Å². The Bertz CT molecular complexity index is 1220. The van der Waals surface area contributed by atoms with Crippen molar-refractivity contribution in [2.45, 2.75) is 56.7 Å². The SMILES string of the molecule is Cc1cnc(C(=O)Cc2ccc(F)c([C@]3(C)CS(=O)(=O)C4(CCC4)C(N)=N3)c2)c(C)c1. The number of amidine groups is 1. The van der Waals surface area contributed by atoms with E-state index >= 15 is 0 Å². The Morgan fingerprint density at radius 3 is 2.52 bits per heavy atom. The fourth-order valence-electron chi connectivity index (χ4n) is 4.64. The summed E-state index contributed by atoms with van der Waals surface area (Å²) in [5.41, 5.74) is 7.59. The van der Waals surface area contributed by atoms with Gasteiger partial charge in [0.25, 0.3) is 0 Å². The minimum absolute atomic E-state index is 0.0240. The van der Waals surface area contributed by atoms with Crippen molar-refractivity contribution in [1.82, 2.24) is 4.98 Å². The molecule has 0 amide bonds. The lowest BCUT2D eigenvalue weighted by Crippen LogP contribution is -2.61. The molecule has 1 aromatic carbocycles. The van der Waals surface area contributed by atoms with Crippen molar-refractivity contribution in [2.75, 3.05) is 5.75 Å². The number of hydrogen-bond donors (Lipinski definition) is 1. The highest BCUT2D eigenvalue weighted by Gasteiger charge is 2.58. The first-order chi connectivity index (χ1) is 14.5. The normalized spacial score (nSPS) is 23.8. The van der Waals surface area contributed by atoms with Gasteiger partial charge in [-0.3, -0.25) is 14.8 Å². The Morgan fingerprint density at radius 1 is 1.23 bits per heavy atom. The van der Waals surface area contributed by atoms with E-state index in [1.807, 2.05) is 19.9 Å². The van der Waals surface area contributed by atoms with Crippen molar-refractivity contribution >= 4 is 21.5 Å². The summed E-state index contributed by atoms with van der Waals surface area (Å²) >= 11 is 0. The molecule has 0 unspecified atom stereocenters. The summed E-state index contributed by atoms with van der Waals surface area (Å²) in [5, 5.41) is 0. The highest BCUT2D eigenvalue weighted by molar-refractivity contribution is 7.93. The molecule has 31 heavy (non-hydrogen) atoms. The first-order valence-corrected chi connectivity index (χ1v) is 12.0. The van der Waals surface area contributed by atoms with Crippen LogP contribution in [-0.2, 0) is 21.8 Å². The topological polar surface area (TPSA) is 102 Å². The van der Waals surface area contributed by atoms with Gasteiger partial charge >= 0.3 is 0 Å². The maximum absolute atomic E-state index is 14.8. The number of sulfone groups is 1. The number of carbonyl (C=O) groups is 1. The van der Waals surface area contributed by atoms with E-state index in [1.54, 1.807) is 13.1 Å². The van der Waals surface area contributed by atoms with Crippen molar-refractivity contribution in [3.63, 3.8) is 0 Å². The van der Waals surface area contributed by atoms with E-state index < -0.39 is 25.9 Å². The van der Waals surface area contributed by atoms with Gasteiger partial charge in [0.2, 0.25) is 0 Å². The molecule has 0 saturated heterocycles. The van der Waals surface area contributed by atoms with E-state index in [1.165, 1.54) is 18.2 Å². The average molecular weight is 444 g/mol. The minimum Gasteiger partial charge on any atom is -0.386 e. The van der Waals surface area contributed by atoms with Crippen LogP contribution in [0.2, 0.25) is 0 Å². The minimum atomic E-state index is -3.60. The molecule has 1 aromatic heterocycles. The van der Waals surface area contributed by atoms with Gasteiger partial charge in [-0.2, -0.15) is 0 Å². The average Bonchev–Trinajstić information content (AvgIpc) is 2.60. The van der Waals surface area contributed by atoms with Gasteiger partial charge in [0.05, 0.1) is 5.75 Å². The van der Waals surface area contributed by atoms with Crippen LogP contribution in [0.4, 0.5) is 4.39 Å². The second-order valence-corrected chi connectivity index (χ2v) is 11.3. The van der Waals surface area contributed by atoms with E-state index in [0.717, 1.165) is 17.5 Å². The molecule has 2 N–H and O–H groups in total. The Kier molecular flexibility index (Phi) is 5.04. The number of Topliss-reactive ketones (excluding diaryl/α,β-unsaturated/α-hetero) is 1. The number of aryl methyl sites for hydroxylation is 2. The molecule has 164 valence electrons. The van der Waals surface area contributed by atoms with Gasteiger partial charge in [-0.25, -0.2) is 12.8 Å². The quantitative estimate of drug-likeness (QED) is 0.731.